The SMILES string of the molecule is C=CCCCCCC(NC)C(C)(C)N(C)C. The molecular formula is C14H30N2. The number of likely N-dealkylation sites (N-methyl/N-ethyl adjacent to an activating group) is 2. The Hall–Kier alpha value is -0.340. The van der Waals surface area contributed by atoms with Gasteiger partial charge in [-0.3, -0.25) is 0 Å². The molecule has 0 amide bonds. The Morgan fingerprint density at radius 1 is 1.25 bits per heavy atom. The van der Waals surface area contributed by atoms with E-state index in [0.29, 0.717) is 6.04 Å². The molecule has 96 valence electrons. The van der Waals surface area contributed by atoms with Crippen LogP contribution >= 0.6 is 0 Å². The minimum atomic E-state index is 0.215. The van der Waals surface area contributed by atoms with Gasteiger partial charge in [0.1, 0.15) is 0 Å². The number of hydrogen-bond donors (Lipinski definition) is 1. The summed E-state index contributed by atoms with van der Waals surface area (Å²) in [5.74, 6) is 0. The second-order valence-corrected chi connectivity index (χ2v) is 5.32. The van der Waals surface area contributed by atoms with Crippen LogP contribution in [0.3, 0.4) is 0 Å². The topological polar surface area (TPSA) is 15.3 Å². The maximum Gasteiger partial charge on any atom is 0.0300 e. The van der Waals surface area contributed by atoms with Gasteiger partial charge < -0.3 is 10.2 Å². The molecule has 2 heteroatoms. The summed E-state index contributed by atoms with van der Waals surface area (Å²) in [7, 11) is 6.38. The van der Waals surface area contributed by atoms with Crippen LogP contribution in [0.5, 0.6) is 0 Å². The number of unbranched alkanes of at least 4 members (excludes halogenated alkanes) is 3. The quantitative estimate of drug-likeness (QED) is 0.480. The van der Waals surface area contributed by atoms with Crippen LogP contribution in [0.15, 0.2) is 12.7 Å². The normalized spacial score (nSPS) is 14.1. The molecule has 0 saturated heterocycles. The minimum Gasteiger partial charge on any atom is -0.315 e. The Balaban J connectivity index is 3.96. The van der Waals surface area contributed by atoms with Crippen LogP contribution in [-0.4, -0.2) is 37.6 Å². The molecular weight excluding hydrogens is 196 g/mol. The average Bonchev–Trinajstić information content (AvgIpc) is 2.22. The lowest BCUT2D eigenvalue weighted by atomic mass is 9.89. The molecule has 0 aliphatic carbocycles. The monoisotopic (exact) mass is 226 g/mol. The van der Waals surface area contributed by atoms with E-state index in [1.807, 2.05) is 6.08 Å². The maximum absolute atomic E-state index is 3.75. The van der Waals surface area contributed by atoms with E-state index in [-0.39, 0.29) is 5.54 Å². The number of nitrogens with zero attached hydrogens (tertiary/aromatic N) is 1. The van der Waals surface area contributed by atoms with Crippen molar-refractivity contribution in [3.63, 3.8) is 0 Å². The fourth-order valence-corrected chi connectivity index (χ4v) is 1.98. The highest BCUT2D eigenvalue weighted by molar-refractivity contribution is 4.90. The van der Waals surface area contributed by atoms with Crippen molar-refractivity contribution in [3.05, 3.63) is 12.7 Å². The largest absolute Gasteiger partial charge is 0.315 e. The fourth-order valence-electron chi connectivity index (χ4n) is 1.98. The molecule has 0 aromatic heterocycles. The first kappa shape index (κ1) is 15.7. The van der Waals surface area contributed by atoms with Gasteiger partial charge in [-0.2, -0.15) is 0 Å². The predicted molar refractivity (Wildman–Crippen MR) is 73.9 cm³/mol. The zero-order valence-corrected chi connectivity index (χ0v) is 11.8. The van der Waals surface area contributed by atoms with Crippen molar-refractivity contribution in [2.45, 2.75) is 57.5 Å². The van der Waals surface area contributed by atoms with Gasteiger partial charge >= 0.3 is 0 Å². The molecule has 0 heterocycles. The van der Waals surface area contributed by atoms with Gasteiger partial charge in [0.25, 0.3) is 0 Å². The predicted octanol–water partition coefficient (Wildman–Crippen LogP) is 3.05. The lowest BCUT2D eigenvalue weighted by Gasteiger charge is -2.40. The molecule has 0 aromatic rings. The first-order valence-corrected chi connectivity index (χ1v) is 6.42. The van der Waals surface area contributed by atoms with Crippen LogP contribution in [0.4, 0.5) is 0 Å². The molecule has 1 unspecified atom stereocenters. The average molecular weight is 226 g/mol. The van der Waals surface area contributed by atoms with E-state index in [4.69, 9.17) is 0 Å². The summed E-state index contributed by atoms with van der Waals surface area (Å²) >= 11 is 0. The summed E-state index contributed by atoms with van der Waals surface area (Å²) in [6.07, 6.45) is 8.31. The van der Waals surface area contributed by atoms with E-state index in [0.717, 1.165) is 6.42 Å². The molecule has 0 saturated carbocycles. The molecule has 0 bridgehead atoms. The van der Waals surface area contributed by atoms with Gasteiger partial charge in [0.2, 0.25) is 0 Å². The van der Waals surface area contributed by atoms with Gasteiger partial charge in [-0.25, -0.2) is 0 Å². The highest BCUT2D eigenvalue weighted by Crippen LogP contribution is 2.20. The highest BCUT2D eigenvalue weighted by Gasteiger charge is 2.29. The second-order valence-electron chi connectivity index (χ2n) is 5.32. The molecule has 1 N–H and O–H groups in total. The highest BCUT2D eigenvalue weighted by atomic mass is 15.2. The van der Waals surface area contributed by atoms with Crippen molar-refractivity contribution in [3.8, 4) is 0 Å². The third kappa shape index (κ3) is 5.13. The number of nitrogens with one attached hydrogen (secondary N) is 1. The van der Waals surface area contributed by atoms with E-state index < -0.39 is 0 Å². The molecule has 0 aromatic carbocycles. The van der Waals surface area contributed by atoms with Crippen LogP contribution < -0.4 is 5.32 Å². The molecule has 0 aliphatic heterocycles. The van der Waals surface area contributed by atoms with Crippen molar-refractivity contribution in [1.82, 2.24) is 10.2 Å². The Morgan fingerprint density at radius 3 is 2.31 bits per heavy atom. The van der Waals surface area contributed by atoms with Crippen molar-refractivity contribution >= 4 is 0 Å². The lowest BCUT2D eigenvalue weighted by molar-refractivity contribution is 0.135. The van der Waals surface area contributed by atoms with Gasteiger partial charge in [0.05, 0.1) is 0 Å². The van der Waals surface area contributed by atoms with E-state index in [2.05, 4.69) is 51.8 Å². The Labute approximate surface area is 102 Å². The summed E-state index contributed by atoms with van der Waals surface area (Å²) in [6, 6.07) is 0.561. The zero-order chi connectivity index (χ0) is 12.6. The van der Waals surface area contributed by atoms with Crippen molar-refractivity contribution in [2.75, 3.05) is 21.1 Å². The van der Waals surface area contributed by atoms with Gasteiger partial charge in [-0.15, -0.1) is 6.58 Å². The van der Waals surface area contributed by atoms with Gasteiger partial charge in [0.15, 0.2) is 0 Å². The summed E-state index contributed by atoms with van der Waals surface area (Å²) in [4.78, 5) is 2.30. The van der Waals surface area contributed by atoms with Crippen molar-refractivity contribution in [2.24, 2.45) is 0 Å². The third-order valence-corrected chi connectivity index (χ3v) is 3.75. The zero-order valence-electron chi connectivity index (χ0n) is 11.8. The summed E-state index contributed by atoms with van der Waals surface area (Å²) < 4.78 is 0. The first-order chi connectivity index (χ1) is 7.46. The van der Waals surface area contributed by atoms with Crippen LogP contribution in [0.1, 0.15) is 46.0 Å². The fraction of sp³-hybridized carbons (Fsp3) is 0.857. The Kier molecular flexibility index (Phi) is 7.69. The molecule has 2 nitrogen and oxygen atoms in total. The number of allylic oxidation sites excluding steroid dienone is 1. The van der Waals surface area contributed by atoms with Crippen molar-refractivity contribution in [1.29, 1.82) is 0 Å². The minimum absolute atomic E-state index is 0.215. The molecule has 0 aliphatic rings. The first-order valence-electron chi connectivity index (χ1n) is 6.42. The Bertz CT molecular complexity index is 185. The van der Waals surface area contributed by atoms with E-state index in [1.54, 1.807) is 0 Å². The lowest BCUT2D eigenvalue weighted by Crippen LogP contribution is -2.54. The molecule has 0 rings (SSSR count). The number of rotatable bonds is 9. The molecule has 0 radical (unpaired) electrons. The van der Waals surface area contributed by atoms with Crippen LogP contribution in [0.25, 0.3) is 0 Å². The standard InChI is InChI=1S/C14H30N2/c1-7-8-9-10-11-12-13(15-4)14(2,3)16(5)6/h7,13,15H,1,8-12H2,2-6H3. The molecule has 0 spiro atoms. The summed E-state index contributed by atoms with van der Waals surface area (Å²) in [6.45, 7) is 8.36. The van der Waals surface area contributed by atoms with Crippen LogP contribution in [0, 0.1) is 0 Å². The van der Waals surface area contributed by atoms with E-state index >= 15 is 0 Å². The Morgan fingerprint density at radius 2 is 1.88 bits per heavy atom. The summed E-state index contributed by atoms with van der Waals surface area (Å²) in [5, 5.41) is 3.45. The van der Waals surface area contributed by atoms with Gasteiger partial charge in [0, 0.05) is 11.6 Å². The van der Waals surface area contributed by atoms with E-state index in [9.17, 15) is 0 Å². The van der Waals surface area contributed by atoms with Crippen molar-refractivity contribution < 1.29 is 0 Å². The van der Waals surface area contributed by atoms with E-state index in [1.165, 1.54) is 25.7 Å². The molecule has 1 atom stereocenters. The van der Waals surface area contributed by atoms with Crippen LogP contribution in [0.2, 0.25) is 0 Å². The smallest absolute Gasteiger partial charge is 0.0300 e. The molecule has 0 fully saturated rings. The second kappa shape index (κ2) is 7.86. The summed E-state index contributed by atoms with van der Waals surface area (Å²) in [5.41, 5.74) is 0.215. The van der Waals surface area contributed by atoms with Crippen LogP contribution in [-0.2, 0) is 0 Å². The number of hydrogen-bond acceptors (Lipinski definition) is 2. The van der Waals surface area contributed by atoms with Gasteiger partial charge in [-0.1, -0.05) is 18.9 Å². The molecule has 16 heavy (non-hydrogen) atoms. The maximum atomic E-state index is 3.75. The third-order valence-electron chi connectivity index (χ3n) is 3.75. The van der Waals surface area contributed by atoms with Gasteiger partial charge in [-0.05, 0) is 54.3 Å².